The van der Waals surface area contributed by atoms with Gasteiger partial charge in [0.05, 0.1) is 12.8 Å². The molecule has 0 aliphatic heterocycles. The van der Waals surface area contributed by atoms with E-state index in [2.05, 4.69) is 20.5 Å². The van der Waals surface area contributed by atoms with Crippen molar-refractivity contribution in [2.24, 2.45) is 0 Å². The molecular weight excluding hydrogens is 300 g/mol. The van der Waals surface area contributed by atoms with Crippen LogP contribution in [0.2, 0.25) is 0 Å². The molecule has 7 heteroatoms. The number of anilines is 2. The molecular formula is C15H14N4O2S. The van der Waals surface area contributed by atoms with Crippen molar-refractivity contribution in [3.63, 3.8) is 0 Å². The van der Waals surface area contributed by atoms with Crippen molar-refractivity contribution in [2.45, 2.75) is 6.42 Å². The van der Waals surface area contributed by atoms with E-state index in [1.165, 1.54) is 0 Å². The Bertz CT molecular complexity index is 814. The fourth-order valence-electron chi connectivity index (χ4n) is 1.99. The summed E-state index contributed by atoms with van der Waals surface area (Å²) in [5.74, 6) is 0.942. The molecule has 3 aromatic rings. The molecule has 2 heterocycles. The summed E-state index contributed by atoms with van der Waals surface area (Å²) in [5, 5.41) is 13.0. The lowest BCUT2D eigenvalue weighted by Gasteiger charge is -2.09. The Balaban J connectivity index is 1.81. The largest absolute Gasteiger partial charge is 0.495 e. The van der Waals surface area contributed by atoms with E-state index >= 15 is 0 Å². The van der Waals surface area contributed by atoms with E-state index in [1.807, 2.05) is 41.8 Å². The Kier molecular flexibility index (Phi) is 4.15. The lowest BCUT2D eigenvalue weighted by molar-refractivity contribution is 0.417. The summed E-state index contributed by atoms with van der Waals surface area (Å²) in [6.07, 6.45) is 0.481. The number of aromatic nitrogens is 3. The van der Waals surface area contributed by atoms with Crippen LogP contribution in [-0.2, 0) is 6.42 Å². The molecule has 0 fully saturated rings. The number of hydrogen-bond donors (Lipinski definition) is 2. The SMILES string of the molecule is COc1ccccc1Nc1nnc(Cc2cccs2)c(=O)[nH]1. The van der Waals surface area contributed by atoms with Gasteiger partial charge in [-0.3, -0.25) is 9.78 Å². The number of nitrogens with one attached hydrogen (secondary N) is 2. The molecule has 1 aromatic carbocycles. The number of hydrogen-bond acceptors (Lipinski definition) is 6. The Hall–Kier alpha value is -2.67. The molecule has 2 N–H and O–H groups in total. The van der Waals surface area contributed by atoms with Crippen LogP contribution < -0.4 is 15.6 Å². The standard InChI is InChI=1S/C15H14N4O2S/c1-21-13-7-3-2-6-11(13)16-15-17-14(20)12(18-19-15)9-10-5-4-8-22-10/h2-8H,9H2,1H3,(H2,16,17,19,20). The number of thiophene rings is 1. The van der Waals surface area contributed by atoms with Gasteiger partial charge in [-0.25, -0.2) is 0 Å². The first-order valence-corrected chi connectivity index (χ1v) is 7.52. The number of nitrogens with zero attached hydrogens (tertiary/aromatic N) is 2. The van der Waals surface area contributed by atoms with Crippen molar-refractivity contribution >= 4 is 23.0 Å². The molecule has 0 radical (unpaired) electrons. The first-order valence-electron chi connectivity index (χ1n) is 6.64. The number of rotatable bonds is 5. The number of para-hydroxylation sites is 2. The summed E-state index contributed by atoms with van der Waals surface area (Å²) in [7, 11) is 1.58. The molecule has 112 valence electrons. The summed E-state index contributed by atoms with van der Waals surface area (Å²) >= 11 is 1.59. The van der Waals surface area contributed by atoms with Crippen molar-refractivity contribution < 1.29 is 4.74 Å². The lowest BCUT2D eigenvalue weighted by atomic mass is 10.3. The fourth-order valence-corrected chi connectivity index (χ4v) is 2.70. The van der Waals surface area contributed by atoms with E-state index in [9.17, 15) is 4.79 Å². The van der Waals surface area contributed by atoms with Gasteiger partial charge < -0.3 is 10.1 Å². The molecule has 0 amide bonds. The maximum atomic E-state index is 12.1. The number of aromatic amines is 1. The van der Waals surface area contributed by atoms with E-state index < -0.39 is 0 Å². The van der Waals surface area contributed by atoms with Crippen LogP contribution in [0.4, 0.5) is 11.6 Å². The maximum absolute atomic E-state index is 12.1. The zero-order valence-electron chi connectivity index (χ0n) is 11.9. The monoisotopic (exact) mass is 314 g/mol. The molecule has 0 atom stereocenters. The van der Waals surface area contributed by atoms with Gasteiger partial charge >= 0.3 is 0 Å². The van der Waals surface area contributed by atoms with E-state index in [0.29, 0.717) is 23.6 Å². The molecule has 0 aliphatic rings. The molecule has 0 unspecified atom stereocenters. The van der Waals surface area contributed by atoms with Crippen LogP contribution in [0, 0.1) is 0 Å². The Labute approximate surface area is 130 Å². The van der Waals surface area contributed by atoms with Crippen molar-refractivity contribution in [3.05, 3.63) is 62.7 Å². The van der Waals surface area contributed by atoms with E-state index in [4.69, 9.17) is 4.74 Å². The fraction of sp³-hybridized carbons (Fsp3) is 0.133. The van der Waals surface area contributed by atoms with Crippen LogP contribution in [0.1, 0.15) is 10.6 Å². The third-order valence-electron chi connectivity index (χ3n) is 3.05. The molecule has 22 heavy (non-hydrogen) atoms. The zero-order valence-corrected chi connectivity index (χ0v) is 12.7. The second kappa shape index (κ2) is 6.40. The topological polar surface area (TPSA) is 79.9 Å². The molecule has 0 saturated carbocycles. The average molecular weight is 314 g/mol. The first kappa shape index (κ1) is 14.3. The maximum Gasteiger partial charge on any atom is 0.274 e. The number of ether oxygens (including phenoxy) is 1. The Morgan fingerprint density at radius 1 is 1.23 bits per heavy atom. The molecule has 6 nitrogen and oxygen atoms in total. The van der Waals surface area contributed by atoms with Gasteiger partial charge in [0.2, 0.25) is 5.95 Å². The Morgan fingerprint density at radius 3 is 2.82 bits per heavy atom. The van der Waals surface area contributed by atoms with Crippen molar-refractivity contribution in [1.82, 2.24) is 15.2 Å². The van der Waals surface area contributed by atoms with Gasteiger partial charge in [0, 0.05) is 11.3 Å². The van der Waals surface area contributed by atoms with Crippen molar-refractivity contribution in [1.29, 1.82) is 0 Å². The third kappa shape index (κ3) is 3.15. The molecule has 0 aliphatic carbocycles. The van der Waals surface area contributed by atoms with E-state index in [-0.39, 0.29) is 11.5 Å². The van der Waals surface area contributed by atoms with Crippen molar-refractivity contribution in [3.8, 4) is 5.75 Å². The van der Waals surface area contributed by atoms with Gasteiger partial charge in [0.25, 0.3) is 5.56 Å². The minimum Gasteiger partial charge on any atom is -0.495 e. The summed E-state index contributed by atoms with van der Waals surface area (Å²) in [6.45, 7) is 0. The second-order valence-electron chi connectivity index (χ2n) is 4.53. The summed E-state index contributed by atoms with van der Waals surface area (Å²) in [5.41, 5.74) is 0.856. The predicted molar refractivity (Wildman–Crippen MR) is 86.1 cm³/mol. The molecule has 3 rings (SSSR count). The van der Waals surface area contributed by atoms with Crippen LogP contribution in [0.15, 0.2) is 46.6 Å². The number of benzene rings is 1. The molecule has 2 aromatic heterocycles. The highest BCUT2D eigenvalue weighted by Crippen LogP contribution is 2.24. The molecule has 0 bridgehead atoms. The lowest BCUT2D eigenvalue weighted by Crippen LogP contribution is -2.18. The van der Waals surface area contributed by atoms with Crippen LogP contribution in [0.25, 0.3) is 0 Å². The van der Waals surface area contributed by atoms with Gasteiger partial charge in [0.1, 0.15) is 11.4 Å². The number of methoxy groups -OCH3 is 1. The normalized spacial score (nSPS) is 10.4. The second-order valence-corrected chi connectivity index (χ2v) is 5.56. The van der Waals surface area contributed by atoms with Crippen LogP contribution in [-0.4, -0.2) is 22.3 Å². The van der Waals surface area contributed by atoms with Crippen molar-refractivity contribution in [2.75, 3.05) is 12.4 Å². The van der Waals surface area contributed by atoms with Crippen LogP contribution >= 0.6 is 11.3 Å². The quantitative estimate of drug-likeness (QED) is 0.756. The molecule has 0 saturated heterocycles. The highest BCUT2D eigenvalue weighted by molar-refractivity contribution is 7.09. The molecule has 0 spiro atoms. The highest BCUT2D eigenvalue weighted by Gasteiger charge is 2.08. The summed E-state index contributed by atoms with van der Waals surface area (Å²) < 4.78 is 5.24. The van der Waals surface area contributed by atoms with E-state index in [0.717, 1.165) is 4.88 Å². The van der Waals surface area contributed by atoms with Crippen LogP contribution in [0.3, 0.4) is 0 Å². The van der Waals surface area contributed by atoms with Gasteiger partial charge in [-0.1, -0.05) is 18.2 Å². The van der Waals surface area contributed by atoms with Gasteiger partial charge in [0.15, 0.2) is 0 Å². The summed E-state index contributed by atoms with van der Waals surface area (Å²) in [4.78, 5) is 15.9. The Morgan fingerprint density at radius 2 is 2.09 bits per heavy atom. The van der Waals surface area contributed by atoms with E-state index in [1.54, 1.807) is 18.4 Å². The van der Waals surface area contributed by atoms with Gasteiger partial charge in [-0.05, 0) is 23.6 Å². The minimum absolute atomic E-state index is 0.249. The highest BCUT2D eigenvalue weighted by atomic mass is 32.1. The summed E-state index contributed by atoms with van der Waals surface area (Å²) in [6, 6.07) is 11.3. The average Bonchev–Trinajstić information content (AvgIpc) is 3.04. The minimum atomic E-state index is -0.249. The number of H-pyrrole nitrogens is 1. The predicted octanol–water partition coefficient (Wildman–Crippen LogP) is 2.57. The smallest absolute Gasteiger partial charge is 0.274 e. The van der Waals surface area contributed by atoms with Crippen LogP contribution in [0.5, 0.6) is 5.75 Å². The zero-order chi connectivity index (χ0) is 15.4. The van der Waals surface area contributed by atoms with Gasteiger partial charge in [-0.15, -0.1) is 21.5 Å². The third-order valence-corrected chi connectivity index (χ3v) is 3.92. The first-order chi connectivity index (χ1) is 10.8. The van der Waals surface area contributed by atoms with Gasteiger partial charge in [-0.2, -0.15) is 0 Å².